The zero-order valence-corrected chi connectivity index (χ0v) is 9.99. The topological polar surface area (TPSA) is 84.2 Å². The Bertz CT molecular complexity index is 418. The Balaban J connectivity index is 2.91. The summed E-state index contributed by atoms with van der Waals surface area (Å²) in [6.07, 6.45) is 0. The second-order valence-corrected chi connectivity index (χ2v) is 3.75. The Kier molecular flexibility index (Phi) is 4.66. The van der Waals surface area contributed by atoms with Crippen LogP contribution >= 0.6 is 0 Å². The fraction of sp³-hybridized carbons (Fsp3) is 0.333. The minimum Gasteiger partial charge on any atom is -0.355 e. The molecule has 1 atom stereocenters. The van der Waals surface area contributed by atoms with Crippen LogP contribution in [0.15, 0.2) is 24.3 Å². The van der Waals surface area contributed by atoms with E-state index in [1.54, 1.807) is 38.2 Å². The second-order valence-electron chi connectivity index (χ2n) is 3.75. The van der Waals surface area contributed by atoms with Crippen molar-refractivity contribution < 1.29 is 9.59 Å². The summed E-state index contributed by atoms with van der Waals surface area (Å²) in [5.41, 5.74) is 6.35. The number of rotatable bonds is 4. The van der Waals surface area contributed by atoms with Crippen molar-refractivity contribution in [3.05, 3.63) is 29.8 Å². The minimum atomic E-state index is -0.284. The third-order valence-corrected chi connectivity index (χ3v) is 2.46. The Morgan fingerprint density at radius 3 is 2.59 bits per heavy atom. The second kappa shape index (κ2) is 6.00. The van der Waals surface area contributed by atoms with Crippen LogP contribution in [0.25, 0.3) is 0 Å². The number of amides is 2. The normalized spacial score (nSPS) is 11.7. The van der Waals surface area contributed by atoms with E-state index in [1.165, 1.54) is 0 Å². The summed E-state index contributed by atoms with van der Waals surface area (Å²) in [4.78, 5) is 23.3. The summed E-state index contributed by atoms with van der Waals surface area (Å²) < 4.78 is 0. The lowest BCUT2D eigenvalue weighted by Crippen LogP contribution is -2.28. The lowest BCUT2D eigenvalue weighted by molar-refractivity contribution is -0.119. The molecule has 0 fully saturated rings. The van der Waals surface area contributed by atoms with Crippen LogP contribution < -0.4 is 16.4 Å². The van der Waals surface area contributed by atoms with Crippen molar-refractivity contribution in [1.82, 2.24) is 5.32 Å². The number of hydrogen-bond acceptors (Lipinski definition) is 3. The van der Waals surface area contributed by atoms with Gasteiger partial charge in [0.1, 0.15) is 0 Å². The standard InChI is InChI=1S/C12H17N3O2/c1-8(7-13)11(16)15-10-6-4-3-5-9(10)12(17)14-2/h3-6,8H,7,13H2,1-2H3,(H,14,17)(H,15,16). The molecule has 17 heavy (non-hydrogen) atoms. The Morgan fingerprint density at radius 2 is 2.00 bits per heavy atom. The molecular weight excluding hydrogens is 218 g/mol. The van der Waals surface area contributed by atoms with E-state index in [-0.39, 0.29) is 24.3 Å². The van der Waals surface area contributed by atoms with Gasteiger partial charge in [-0.1, -0.05) is 19.1 Å². The molecule has 1 unspecified atom stereocenters. The Morgan fingerprint density at radius 1 is 1.35 bits per heavy atom. The summed E-state index contributed by atoms with van der Waals surface area (Å²) >= 11 is 0. The van der Waals surface area contributed by atoms with Gasteiger partial charge in [-0.3, -0.25) is 9.59 Å². The SMILES string of the molecule is CNC(=O)c1ccccc1NC(=O)C(C)CN. The van der Waals surface area contributed by atoms with Crippen molar-refractivity contribution in [3.8, 4) is 0 Å². The molecule has 2 amide bonds. The van der Waals surface area contributed by atoms with Gasteiger partial charge in [-0.2, -0.15) is 0 Å². The molecule has 4 N–H and O–H groups in total. The van der Waals surface area contributed by atoms with Crippen molar-refractivity contribution in [2.24, 2.45) is 11.7 Å². The van der Waals surface area contributed by atoms with Crippen LogP contribution in [-0.2, 0) is 4.79 Å². The van der Waals surface area contributed by atoms with Crippen LogP contribution in [0, 0.1) is 5.92 Å². The first-order valence-electron chi connectivity index (χ1n) is 5.42. The summed E-state index contributed by atoms with van der Waals surface area (Å²) in [6.45, 7) is 2.01. The molecule has 0 aliphatic heterocycles. The molecule has 1 aromatic carbocycles. The number of benzene rings is 1. The fourth-order valence-electron chi connectivity index (χ4n) is 1.29. The highest BCUT2D eigenvalue weighted by atomic mass is 16.2. The minimum absolute atomic E-state index is 0.191. The van der Waals surface area contributed by atoms with Crippen LogP contribution in [-0.4, -0.2) is 25.4 Å². The number of hydrogen-bond donors (Lipinski definition) is 3. The molecule has 0 aromatic heterocycles. The Hall–Kier alpha value is -1.88. The summed E-state index contributed by atoms with van der Waals surface area (Å²) in [6, 6.07) is 6.84. The number of carbonyl (C=O) groups is 2. The van der Waals surface area contributed by atoms with Crippen LogP contribution in [0.2, 0.25) is 0 Å². The lowest BCUT2D eigenvalue weighted by atomic mass is 10.1. The molecule has 5 nitrogen and oxygen atoms in total. The highest BCUT2D eigenvalue weighted by molar-refractivity contribution is 6.04. The molecule has 92 valence electrons. The molecule has 0 bridgehead atoms. The number of para-hydroxylation sites is 1. The molecule has 0 saturated carbocycles. The molecule has 0 heterocycles. The van der Waals surface area contributed by atoms with E-state index in [1.807, 2.05) is 0 Å². The van der Waals surface area contributed by atoms with Gasteiger partial charge in [0.2, 0.25) is 5.91 Å². The number of nitrogens with one attached hydrogen (secondary N) is 2. The fourth-order valence-corrected chi connectivity index (χ4v) is 1.29. The number of anilines is 1. The third-order valence-electron chi connectivity index (χ3n) is 2.46. The average molecular weight is 235 g/mol. The van der Waals surface area contributed by atoms with Crippen LogP contribution in [0.3, 0.4) is 0 Å². The van der Waals surface area contributed by atoms with Gasteiger partial charge in [-0.15, -0.1) is 0 Å². The largest absolute Gasteiger partial charge is 0.355 e. The predicted molar refractivity (Wildman–Crippen MR) is 66.7 cm³/mol. The van der Waals surface area contributed by atoms with Crippen molar-refractivity contribution in [2.45, 2.75) is 6.92 Å². The highest BCUT2D eigenvalue weighted by Gasteiger charge is 2.15. The van der Waals surface area contributed by atoms with E-state index in [2.05, 4.69) is 10.6 Å². The number of nitrogens with two attached hydrogens (primary N) is 1. The van der Waals surface area contributed by atoms with Gasteiger partial charge in [-0.05, 0) is 12.1 Å². The van der Waals surface area contributed by atoms with E-state index in [0.29, 0.717) is 11.3 Å². The summed E-state index contributed by atoms with van der Waals surface area (Å²) in [5, 5.41) is 5.22. The monoisotopic (exact) mass is 235 g/mol. The maximum absolute atomic E-state index is 11.7. The van der Waals surface area contributed by atoms with Crippen molar-refractivity contribution in [2.75, 3.05) is 18.9 Å². The molecular formula is C12H17N3O2. The molecule has 0 saturated heterocycles. The molecule has 0 aliphatic carbocycles. The first kappa shape index (κ1) is 13.2. The van der Waals surface area contributed by atoms with Crippen LogP contribution in [0.5, 0.6) is 0 Å². The van der Waals surface area contributed by atoms with E-state index >= 15 is 0 Å². The van der Waals surface area contributed by atoms with E-state index in [9.17, 15) is 9.59 Å². The van der Waals surface area contributed by atoms with Gasteiger partial charge >= 0.3 is 0 Å². The maximum Gasteiger partial charge on any atom is 0.253 e. The van der Waals surface area contributed by atoms with Gasteiger partial charge < -0.3 is 16.4 Å². The molecule has 0 spiro atoms. The molecule has 0 aliphatic rings. The first-order chi connectivity index (χ1) is 8.10. The molecule has 0 radical (unpaired) electrons. The van der Waals surface area contributed by atoms with Crippen molar-refractivity contribution in [3.63, 3.8) is 0 Å². The van der Waals surface area contributed by atoms with E-state index < -0.39 is 0 Å². The number of carbonyl (C=O) groups excluding carboxylic acids is 2. The van der Waals surface area contributed by atoms with Crippen LogP contribution in [0.1, 0.15) is 17.3 Å². The van der Waals surface area contributed by atoms with Gasteiger partial charge in [0.05, 0.1) is 11.3 Å². The average Bonchev–Trinajstić information content (AvgIpc) is 2.37. The lowest BCUT2D eigenvalue weighted by Gasteiger charge is -2.12. The highest BCUT2D eigenvalue weighted by Crippen LogP contribution is 2.15. The van der Waals surface area contributed by atoms with Crippen molar-refractivity contribution >= 4 is 17.5 Å². The maximum atomic E-state index is 11.7. The molecule has 1 rings (SSSR count). The predicted octanol–water partition coefficient (Wildman–Crippen LogP) is 0.579. The van der Waals surface area contributed by atoms with Gasteiger partial charge in [0.25, 0.3) is 5.91 Å². The quantitative estimate of drug-likeness (QED) is 0.713. The smallest absolute Gasteiger partial charge is 0.253 e. The summed E-state index contributed by atoms with van der Waals surface area (Å²) in [7, 11) is 1.55. The molecule has 1 aromatic rings. The summed E-state index contributed by atoms with van der Waals surface area (Å²) in [5.74, 6) is -0.710. The van der Waals surface area contributed by atoms with Crippen molar-refractivity contribution in [1.29, 1.82) is 0 Å². The zero-order chi connectivity index (χ0) is 12.8. The first-order valence-corrected chi connectivity index (χ1v) is 5.42. The van der Waals surface area contributed by atoms with Gasteiger partial charge in [-0.25, -0.2) is 0 Å². The van der Waals surface area contributed by atoms with E-state index in [4.69, 9.17) is 5.73 Å². The van der Waals surface area contributed by atoms with Gasteiger partial charge in [0, 0.05) is 19.5 Å². The Labute approximate surface area is 100 Å². The third kappa shape index (κ3) is 3.29. The van der Waals surface area contributed by atoms with Gasteiger partial charge in [0.15, 0.2) is 0 Å². The van der Waals surface area contributed by atoms with Crippen LogP contribution in [0.4, 0.5) is 5.69 Å². The van der Waals surface area contributed by atoms with E-state index in [0.717, 1.165) is 0 Å². The molecule has 5 heteroatoms. The zero-order valence-electron chi connectivity index (χ0n) is 9.99.